The molecule has 1 aliphatic carbocycles. The van der Waals surface area contributed by atoms with Gasteiger partial charge in [0.1, 0.15) is 5.82 Å². The first-order valence-corrected chi connectivity index (χ1v) is 7.96. The normalized spacial score (nSPS) is 18.4. The van der Waals surface area contributed by atoms with Crippen LogP contribution in [-0.2, 0) is 4.74 Å². The summed E-state index contributed by atoms with van der Waals surface area (Å²) in [4.78, 5) is 12.3. The highest BCUT2D eigenvalue weighted by atomic mass is 16.5. The maximum Gasteiger partial charge on any atom is 0.254 e. The second-order valence-corrected chi connectivity index (χ2v) is 6.08. The molecule has 1 aromatic heterocycles. The molecule has 0 amide bonds. The molecular weight excluding hydrogens is 294 g/mol. The van der Waals surface area contributed by atoms with Crippen molar-refractivity contribution < 1.29 is 4.74 Å². The van der Waals surface area contributed by atoms with Gasteiger partial charge < -0.3 is 26.5 Å². The Hall–Kier alpha value is -2.28. The fourth-order valence-corrected chi connectivity index (χ4v) is 2.90. The molecule has 0 aromatic carbocycles. The van der Waals surface area contributed by atoms with Crippen molar-refractivity contribution >= 4 is 17.7 Å². The van der Waals surface area contributed by atoms with Crippen molar-refractivity contribution in [3.05, 3.63) is 34.4 Å². The smallest absolute Gasteiger partial charge is 0.254 e. The van der Waals surface area contributed by atoms with Crippen molar-refractivity contribution in [1.82, 2.24) is 9.88 Å². The van der Waals surface area contributed by atoms with E-state index in [1.807, 2.05) is 0 Å². The Bertz CT molecular complexity index is 672. The van der Waals surface area contributed by atoms with Crippen molar-refractivity contribution in [2.75, 3.05) is 24.3 Å². The summed E-state index contributed by atoms with van der Waals surface area (Å²) < 4.78 is 7.03. The molecule has 7 heteroatoms. The fourth-order valence-electron chi connectivity index (χ4n) is 2.90. The molecule has 124 valence electrons. The van der Waals surface area contributed by atoms with Crippen LogP contribution in [0.5, 0.6) is 0 Å². The van der Waals surface area contributed by atoms with E-state index >= 15 is 0 Å². The van der Waals surface area contributed by atoms with Crippen molar-refractivity contribution in [3.63, 3.8) is 0 Å². The maximum atomic E-state index is 12.3. The second-order valence-electron chi connectivity index (χ2n) is 6.08. The minimum atomic E-state index is -0.142. The third kappa shape index (κ3) is 3.39. The highest BCUT2D eigenvalue weighted by Crippen LogP contribution is 2.37. The van der Waals surface area contributed by atoms with Gasteiger partial charge in [-0.3, -0.25) is 9.36 Å². The molecule has 1 aliphatic heterocycles. The van der Waals surface area contributed by atoms with Crippen molar-refractivity contribution in [3.8, 4) is 0 Å². The van der Waals surface area contributed by atoms with E-state index in [2.05, 4.69) is 17.2 Å². The molecule has 0 bridgehead atoms. The average molecular weight is 317 g/mol. The van der Waals surface area contributed by atoms with E-state index in [4.69, 9.17) is 15.9 Å². The minimum Gasteiger partial charge on any atom is -0.398 e. The van der Waals surface area contributed by atoms with Crippen LogP contribution >= 0.6 is 0 Å². The molecule has 2 heterocycles. The average Bonchev–Trinajstić information content (AvgIpc) is 3.33. The monoisotopic (exact) mass is 317 g/mol. The summed E-state index contributed by atoms with van der Waals surface area (Å²) in [6.07, 6.45) is 4.96. The Morgan fingerprint density at radius 3 is 2.70 bits per heavy atom. The highest BCUT2D eigenvalue weighted by Gasteiger charge is 2.29. The predicted molar refractivity (Wildman–Crippen MR) is 91.0 cm³/mol. The standard InChI is InChI=1S/C16H23N5O2/c1-10(19-11-4-6-23-7-5-11)20-16-13(9-17)14(18)8-15(22)21(16)12-2-3-12/h8-9,11-12,17,19-20H,1-7,18H2. The molecule has 0 spiro atoms. The molecule has 5 N–H and O–H groups in total. The van der Waals surface area contributed by atoms with E-state index in [-0.39, 0.29) is 11.6 Å². The Labute approximate surface area is 135 Å². The fraction of sp³-hybridized carbons (Fsp3) is 0.500. The number of rotatable bonds is 6. The summed E-state index contributed by atoms with van der Waals surface area (Å²) in [5.41, 5.74) is 6.60. The van der Waals surface area contributed by atoms with Crippen LogP contribution < -0.4 is 21.9 Å². The molecule has 1 saturated heterocycles. The summed E-state index contributed by atoms with van der Waals surface area (Å²) in [6.45, 7) is 5.48. The lowest BCUT2D eigenvalue weighted by atomic mass is 10.1. The van der Waals surface area contributed by atoms with Gasteiger partial charge in [-0.1, -0.05) is 6.58 Å². The third-order valence-electron chi connectivity index (χ3n) is 4.25. The van der Waals surface area contributed by atoms with Crippen LogP contribution in [-0.4, -0.2) is 30.0 Å². The molecule has 1 saturated carbocycles. The molecule has 23 heavy (non-hydrogen) atoms. The summed E-state index contributed by atoms with van der Waals surface area (Å²) in [5.74, 6) is 1.16. The van der Waals surface area contributed by atoms with Crippen LogP contribution in [0.3, 0.4) is 0 Å². The van der Waals surface area contributed by atoms with E-state index in [0.717, 1.165) is 38.9 Å². The lowest BCUT2D eigenvalue weighted by molar-refractivity contribution is 0.0805. The molecule has 2 fully saturated rings. The summed E-state index contributed by atoms with van der Waals surface area (Å²) in [7, 11) is 0. The topological polar surface area (TPSA) is 105 Å². The van der Waals surface area contributed by atoms with Gasteiger partial charge in [0.2, 0.25) is 0 Å². The van der Waals surface area contributed by atoms with Gasteiger partial charge in [0.25, 0.3) is 5.56 Å². The first kappa shape index (κ1) is 15.6. The van der Waals surface area contributed by atoms with Crippen LogP contribution in [0.4, 0.5) is 11.5 Å². The lowest BCUT2D eigenvalue weighted by Crippen LogP contribution is -2.37. The van der Waals surface area contributed by atoms with Crippen molar-refractivity contribution in [1.29, 1.82) is 5.41 Å². The van der Waals surface area contributed by atoms with Crippen LogP contribution in [0.25, 0.3) is 0 Å². The summed E-state index contributed by atoms with van der Waals surface area (Å²) >= 11 is 0. The molecule has 3 rings (SSSR count). The number of nitrogens with zero attached hydrogens (tertiary/aromatic N) is 1. The summed E-state index contributed by atoms with van der Waals surface area (Å²) in [5, 5.41) is 14.1. The van der Waals surface area contributed by atoms with Crippen LogP contribution in [0.1, 0.15) is 37.3 Å². The molecule has 1 aromatic rings. The Morgan fingerprint density at radius 2 is 2.09 bits per heavy atom. The lowest BCUT2D eigenvalue weighted by Gasteiger charge is -2.26. The van der Waals surface area contributed by atoms with E-state index in [1.54, 1.807) is 4.57 Å². The van der Waals surface area contributed by atoms with E-state index in [9.17, 15) is 4.79 Å². The largest absolute Gasteiger partial charge is 0.398 e. The van der Waals surface area contributed by atoms with Crippen LogP contribution in [0.2, 0.25) is 0 Å². The molecule has 7 nitrogen and oxygen atoms in total. The Morgan fingerprint density at radius 1 is 1.39 bits per heavy atom. The maximum absolute atomic E-state index is 12.3. The van der Waals surface area contributed by atoms with Gasteiger partial charge in [-0.25, -0.2) is 0 Å². The van der Waals surface area contributed by atoms with Gasteiger partial charge in [-0.2, -0.15) is 0 Å². The molecule has 0 radical (unpaired) electrons. The van der Waals surface area contributed by atoms with E-state index in [1.165, 1.54) is 12.3 Å². The van der Waals surface area contributed by atoms with Crippen molar-refractivity contribution in [2.45, 2.75) is 37.8 Å². The van der Waals surface area contributed by atoms with Crippen LogP contribution in [0, 0.1) is 5.41 Å². The van der Waals surface area contributed by atoms with Gasteiger partial charge >= 0.3 is 0 Å². The van der Waals surface area contributed by atoms with Gasteiger partial charge in [0.15, 0.2) is 0 Å². The number of hydrogen-bond acceptors (Lipinski definition) is 6. The Kier molecular flexibility index (Phi) is 4.38. The number of ether oxygens (including phenoxy) is 1. The highest BCUT2D eigenvalue weighted by molar-refractivity contribution is 5.91. The second kappa shape index (κ2) is 6.45. The zero-order valence-corrected chi connectivity index (χ0v) is 13.1. The van der Waals surface area contributed by atoms with Gasteiger partial charge in [-0.05, 0) is 25.7 Å². The third-order valence-corrected chi connectivity index (χ3v) is 4.25. The number of aromatic nitrogens is 1. The van der Waals surface area contributed by atoms with Crippen molar-refractivity contribution in [2.24, 2.45) is 0 Å². The molecule has 0 atom stereocenters. The number of anilines is 2. The van der Waals surface area contributed by atoms with E-state index in [0.29, 0.717) is 28.9 Å². The SMILES string of the molecule is C=C(Nc1c(C=N)c(N)cc(=O)n1C1CC1)NC1CCOCC1. The van der Waals surface area contributed by atoms with Gasteiger partial charge in [-0.15, -0.1) is 0 Å². The molecule has 2 aliphatic rings. The van der Waals surface area contributed by atoms with E-state index < -0.39 is 0 Å². The zero-order valence-electron chi connectivity index (χ0n) is 13.1. The number of nitrogen functional groups attached to an aromatic ring is 1. The Balaban J connectivity index is 1.84. The quantitative estimate of drug-likeness (QED) is 0.594. The first-order chi connectivity index (χ1) is 11.1. The number of nitrogens with two attached hydrogens (primary N) is 1. The van der Waals surface area contributed by atoms with Gasteiger partial charge in [0, 0.05) is 43.3 Å². The summed E-state index contributed by atoms with van der Waals surface area (Å²) in [6, 6.07) is 1.87. The zero-order chi connectivity index (χ0) is 16.4. The number of hydrogen-bond donors (Lipinski definition) is 4. The number of nitrogens with one attached hydrogen (secondary N) is 3. The van der Waals surface area contributed by atoms with Gasteiger partial charge in [0.05, 0.1) is 11.4 Å². The predicted octanol–water partition coefficient (Wildman–Crippen LogP) is 1.41. The molecular formula is C16H23N5O2. The molecule has 0 unspecified atom stereocenters. The minimum absolute atomic E-state index is 0.142. The van der Waals surface area contributed by atoms with Crippen LogP contribution in [0.15, 0.2) is 23.3 Å². The number of pyridine rings is 1. The first-order valence-electron chi connectivity index (χ1n) is 7.96.